The summed E-state index contributed by atoms with van der Waals surface area (Å²) < 4.78 is 55.6. The number of nitrogens with two attached hydrogens (primary N) is 1. The van der Waals surface area contributed by atoms with Crippen LogP contribution in [0.15, 0.2) is 48.5 Å². The molecule has 0 saturated heterocycles. The largest absolute Gasteiger partial charge is 0.476 e. The van der Waals surface area contributed by atoms with E-state index in [9.17, 15) is 47.0 Å². The number of carboxylic acid groups (broad SMARTS) is 1. The minimum atomic E-state index is -1.09. The van der Waals surface area contributed by atoms with Crippen molar-refractivity contribution in [2.45, 2.75) is 125 Å². The number of esters is 2. The topological polar surface area (TPSA) is 209 Å². The molecule has 4 aliphatic rings. The molecule has 0 unspecified atom stereocenters. The van der Waals surface area contributed by atoms with E-state index >= 15 is 0 Å². The van der Waals surface area contributed by atoms with Crippen molar-refractivity contribution in [1.82, 2.24) is 29.4 Å². The molecule has 71 heavy (non-hydrogen) atoms. The summed E-state index contributed by atoms with van der Waals surface area (Å²) in [5.74, 6) is -2.15. The maximum Gasteiger partial charge on any atom is 0.356 e. The third kappa shape index (κ3) is 14.3. The van der Waals surface area contributed by atoms with Crippen LogP contribution in [0.4, 0.5) is 13.2 Å². The second-order valence-corrected chi connectivity index (χ2v) is 18.3. The summed E-state index contributed by atoms with van der Waals surface area (Å²) in [6.45, 7) is 6.66. The number of ether oxygens (including phenoxy) is 2. The number of hydrogen-bond donors (Lipinski definition) is 2. The summed E-state index contributed by atoms with van der Waals surface area (Å²) in [7, 11) is -1.00. The van der Waals surface area contributed by atoms with Crippen LogP contribution in [0.1, 0.15) is 141 Å². The molecule has 8 rings (SSSR count). The Morgan fingerprint density at radius 1 is 0.662 bits per heavy atom. The molecule has 3 amide bonds. The molecule has 0 atom stereocenters. The highest BCUT2D eigenvalue weighted by atomic mass is 19.1. The minimum Gasteiger partial charge on any atom is -0.476 e. The zero-order valence-electron chi connectivity index (χ0n) is 40.9. The molecular weight excluding hydrogens is 924 g/mol. The van der Waals surface area contributed by atoms with E-state index in [0.29, 0.717) is 89.4 Å². The first kappa shape index (κ1) is 53.8. The number of amides is 3. The summed E-state index contributed by atoms with van der Waals surface area (Å²) in [5.41, 5.74) is 10.4. The van der Waals surface area contributed by atoms with E-state index in [1.807, 2.05) is 11.8 Å². The zero-order chi connectivity index (χ0) is 51.2. The van der Waals surface area contributed by atoms with Crippen LogP contribution >= 0.6 is 0 Å². The van der Waals surface area contributed by atoms with Crippen molar-refractivity contribution < 1.29 is 57.9 Å². The van der Waals surface area contributed by atoms with E-state index in [4.69, 9.17) is 16.6 Å². The van der Waals surface area contributed by atoms with Gasteiger partial charge >= 0.3 is 17.9 Å². The summed E-state index contributed by atoms with van der Waals surface area (Å²) in [6, 6.07) is 12.1. The lowest BCUT2D eigenvalue weighted by molar-refractivity contribution is -0.150. The standard InChI is InChI=1S/C25H31FN4O4.C25H30FN3O5.CH3F.CH4/c1-2-34-25(33)18-7-3-16(4-8-18)13-22(31)29-12-11-20-21(15-29)30(28-23(20)24(27)32)14-17-5-9-19(26)10-6-17;1-2-34-25(33)18-7-3-16(4-8-18)13-22(30)28-12-11-20-21(15-28)29(27-23(20)24(31)32)14-17-5-9-19(26)10-6-17;1-2;/h5-6,9-10,16,18H,2-4,7-8,11-15H2,1H3,(H2,27,32);5-6,9-10,16,18H,2-4,7-8,11-15H2,1H3,(H,31,32);1H3;1H4/i;;1D;. The Labute approximate surface area is 414 Å². The molecule has 2 aromatic heterocycles. The Kier molecular flexibility index (Phi) is 19.8. The van der Waals surface area contributed by atoms with E-state index in [1.165, 1.54) is 24.3 Å². The van der Waals surface area contributed by atoms with E-state index < -0.39 is 19.0 Å². The minimum absolute atomic E-state index is 0. The van der Waals surface area contributed by atoms with Gasteiger partial charge in [-0.05, 0) is 125 Å². The van der Waals surface area contributed by atoms with E-state index in [1.54, 1.807) is 45.5 Å². The molecule has 4 aromatic rings. The van der Waals surface area contributed by atoms with Crippen molar-refractivity contribution in [3.05, 3.63) is 105 Å². The lowest BCUT2D eigenvalue weighted by Gasteiger charge is -2.31. The normalized spacial score (nSPS) is 19.4. The molecule has 3 N–H and O–H groups in total. The van der Waals surface area contributed by atoms with Gasteiger partial charge in [-0.3, -0.25) is 37.7 Å². The quantitative estimate of drug-likeness (QED) is 0.119. The van der Waals surface area contributed by atoms with Gasteiger partial charge in [0.05, 0.1) is 71.1 Å². The van der Waals surface area contributed by atoms with Crippen LogP contribution in [-0.2, 0) is 67.7 Å². The van der Waals surface area contributed by atoms with Crippen LogP contribution < -0.4 is 5.73 Å². The van der Waals surface area contributed by atoms with Crippen molar-refractivity contribution in [2.75, 3.05) is 33.5 Å². The third-order valence-electron chi connectivity index (χ3n) is 13.8. The first-order chi connectivity index (χ1) is 34.1. The summed E-state index contributed by atoms with van der Waals surface area (Å²) in [4.78, 5) is 77.4. The Bertz CT molecular complexity index is 2320. The molecule has 2 aromatic carbocycles. The van der Waals surface area contributed by atoms with E-state index in [0.717, 1.165) is 73.8 Å². The second kappa shape index (κ2) is 26.1. The van der Waals surface area contributed by atoms with Gasteiger partial charge in [0.15, 0.2) is 11.4 Å². The number of aromatic carboxylic acids is 1. The lowest BCUT2D eigenvalue weighted by atomic mass is 9.80. The van der Waals surface area contributed by atoms with Crippen LogP contribution in [0.3, 0.4) is 0 Å². The Morgan fingerprint density at radius 3 is 1.38 bits per heavy atom. The number of carbonyl (C=O) groups is 6. The number of rotatable bonds is 14. The number of halogens is 3. The number of aromatic nitrogens is 4. The number of hydrogen-bond acceptors (Lipinski definition) is 10. The van der Waals surface area contributed by atoms with Gasteiger partial charge in [0.1, 0.15) is 11.6 Å². The highest BCUT2D eigenvalue weighted by Crippen LogP contribution is 2.35. The van der Waals surface area contributed by atoms with Crippen molar-refractivity contribution in [3.8, 4) is 0 Å². The number of fused-ring (bicyclic) bond motifs is 2. The van der Waals surface area contributed by atoms with Crippen LogP contribution in [0.5, 0.6) is 0 Å². The number of primary amides is 1. The fourth-order valence-electron chi connectivity index (χ4n) is 10.0. The van der Waals surface area contributed by atoms with Gasteiger partial charge in [-0.25, -0.2) is 13.6 Å². The molecule has 2 aliphatic carbocycles. The Hall–Kier alpha value is -6.53. The van der Waals surface area contributed by atoms with Gasteiger partial charge in [0, 0.05) is 37.1 Å². The maximum atomic E-state index is 13.3. The predicted octanol–water partition coefficient (Wildman–Crippen LogP) is 7.45. The molecule has 0 radical (unpaired) electrons. The van der Waals surface area contributed by atoms with Crippen LogP contribution in [0.2, 0.25) is 0 Å². The number of carbonyl (C=O) groups excluding carboxylic acids is 5. The SMILES string of the molecule is C.CCOC(=O)C1CCC(CC(=O)N2CCc3c(C(=O)O)nn(Cc4ccc(F)cc4)c3C2)CC1.CCOC(=O)C1CCC(CC(=O)N2CCc3c(C(N)=O)nn(Cc4ccc(F)cc4)c3C2)CC1.[2H]CF. The third-order valence-corrected chi connectivity index (χ3v) is 13.8. The first-order valence-electron chi connectivity index (χ1n) is 24.8. The maximum absolute atomic E-state index is 13.3. The molecular formula is C52H68F3N7O9. The van der Waals surface area contributed by atoms with Gasteiger partial charge in [-0.2, -0.15) is 10.2 Å². The van der Waals surface area contributed by atoms with Crippen molar-refractivity contribution in [2.24, 2.45) is 29.4 Å². The van der Waals surface area contributed by atoms with Gasteiger partial charge in [0.2, 0.25) is 11.8 Å². The number of benzene rings is 2. The van der Waals surface area contributed by atoms with E-state index in [2.05, 4.69) is 10.2 Å². The van der Waals surface area contributed by atoms with Crippen LogP contribution in [0.25, 0.3) is 0 Å². The summed E-state index contributed by atoms with van der Waals surface area (Å²) in [5, 5.41) is 18.3. The fraction of sp³-hybridized carbons (Fsp3) is 0.538. The van der Waals surface area contributed by atoms with Gasteiger partial charge in [-0.15, -0.1) is 0 Å². The lowest BCUT2D eigenvalue weighted by Crippen LogP contribution is -2.38. The smallest absolute Gasteiger partial charge is 0.356 e. The Morgan fingerprint density at radius 2 is 1.03 bits per heavy atom. The average Bonchev–Trinajstić information content (AvgIpc) is 3.91. The first-order valence-corrected chi connectivity index (χ1v) is 24.1. The highest BCUT2D eigenvalue weighted by Gasteiger charge is 2.35. The molecule has 19 heteroatoms. The monoisotopic (exact) mass is 993 g/mol. The Balaban J connectivity index is 0.000000250. The molecule has 0 spiro atoms. The number of alkyl halides is 1. The van der Waals surface area contributed by atoms with E-state index in [-0.39, 0.29) is 77.9 Å². The molecule has 16 nitrogen and oxygen atoms in total. The highest BCUT2D eigenvalue weighted by molar-refractivity contribution is 5.93. The van der Waals surface area contributed by atoms with Crippen molar-refractivity contribution in [3.63, 3.8) is 0 Å². The molecule has 2 saturated carbocycles. The van der Waals surface area contributed by atoms with Gasteiger partial charge < -0.3 is 30.1 Å². The summed E-state index contributed by atoms with van der Waals surface area (Å²) in [6.07, 6.45) is 8.12. The molecule has 0 bridgehead atoms. The molecule has 4 heterocycles. The number of nitrogens with zero attached hydrogens (tertiary/aromatic N) is 6. The van der Waals surface area contributed by atoms with Gasteiger partial charge in [-0.1, -0.05) is 31.7 Å². The van der Waals surface area contributed by atoms with Gasteiger partial charge in [0.25, 0.3) is 5.91 Å². The molecule has 2 fully saturated rings. The van der Waals surface area contributed by atoms with Crippen LogP contribution in [-0.4, -0.2) is 104 Å². The second-order valence-electron chi connectivity index (χ2n) is 18.3. The number of carboxylic acids is 1. The average molecular weight is 993 g/mol. The van der Waals surface area contributed by atoms with Crippen molar-refractivity contribution >= 4 is 35.6 Å². The summed E-state index contributed by atoms with van der Waals surface area (Å²) >= 11 is 0. The molecule has 2 aliphatic heterocycles. The van der Waals surface area contributed by atoms with Crippen LogP contribution in [0, 0.1) is 35.3 Å². The van der Waals surface area contributed by atoms with Crippen molar-refractivity contribution in [1.29, 1.82) is 0 Å². The zero-order valence-corrected chi connectivity index (χ0v) is 39.9. The predicted molar refractivity (Wildman–Crippen MR) is 256 cm³/mol. The molecule has 386 valence electrons. The fourth-order valence-corrected chi connectivity index (χ4v) is 10.0.